The summed E-state index contributed by atoms with van der Waals surface area (Å²) in [5.41, 5.74) is 2.02. The minimum absolute atomic E-state index is 0.133. The van der Waals surface area contributed by atoms with E-state index in [1.54, 1.807) is 6.07 Å². The smallest absolute Gasteiger partial charge is 0.194 e. The Labute approximate surface area is 121 Å². The second-order valence-corrected chi connectivity index (χ2v) is 5.54. The van der Waals surface area contributed by atoms with Gasteiger partial charge in [-0.05, 0) is 68.6 Å². The topological polar surface area (TPSA) is 17.1 Å². The maximum Gasteiger partial charge on any atom is 0.194 e. The molecule has 1 nitrogen and oxygen atoms in total. The minimum Gasteiger partial charge on any atom is -0.289 e. The molecule has 0 aliphatic heterocycles. The van der Waals surface area contributed by atoms with Gasteiger partial charge in [-0.2, -0.15) is 0 Å². The van der Waals surface area contributed by atoms with E-state index >= 15 is 0 Å². The molecule has 0 spiro atoms. The van der Waals surface area contributed by atoms with Crippen LogP contribution >= 0.6 is 31.9 Å². The number of ketones is 1. The zero-order valence-corrected chi connectivity index (χ0v) is 12.7. The highest BCUT2D eigenvalue weighted by Gasteiger charge is 2.14. The predicted octanol–water partition coefficient (Wildman–Crippen LogP) is 4.89. The van der Waals surface area contributed by atoms with Crippen molar-refractivity contribution in [3.63, 3.8) is 0 Å². The molecule has 0 atom stereocenters. The third-order valence-corrected chi connectivity index (χ3v) is 4.28. The number of hydrogen-bond donors (Lipinski definition) is 0. The van der Waals surface area contributed by atoms with Crippen molar-refractivity contribution in [1.82, 2.24) is 0 Å². The zero-order chi connectivity index (χ0) is 13.3. The van der Waals surface area contributed by atoms with Crippen molar-refractivity contribution in [2.75, 3.05) is 0 Å². The third-order valence-electron chi connectivity index (χ3n) is 2.62. The molecule has 0 unspecified atom stereocenters. The molecule has 0 radical (unpaired) electrons. The number of carbonyl (C=O) groups is 1. The van der Waals surface area contributed by atoms with Crippen molar-refractivity contribution >= 4 is 37.6 Å². The Morgan fingerprint density at radius 3 is 2.56 bits per heavy atom. The van der Waals surface area contributed by atoms with Crippen LogP contribution in [0.2, 0.25) is 0 Å². The Balaban J connectivity index is 2.48. The van der Waals surface area contributed by atoms with Crippen LogP contribution in [0.25, 0.3) is 0 Å². The molecule has 0 heterocycles. The fraction of sp³-hybridized carbons (Fsp3) is 0.0714. The molecular formula is C14H9Br2FO. The first-order valence-electron chi connectivity index (χ1n) is 5.25. The van der Waals surface area contributed by atoms with Crippen LogP contribution in [0.1, 0.15) is 21.5 Å². The molecule has 0 aliphatic carbocycles. The summed E-state index contributed by atoms with van der Waals surface area (Å²) in [6, 6.07) is 9.74. The summed E-state index contributed by atoms with van der Waals surface area (Å²) in [5, 5.41) is 0. The quantitative estimate of drug-likeness (QED) is 0.687. The molecular weight excluding hydrogens is 363 g/mol. The lowest BCUT2D eigenvalue weighted by atomic mass is 10.0. The summed E-state index contributed by atoms with van der Waals surface area (Å²) < 4.78 is 14.2. The van der Waals surface area contributed by atoms with Gasteiger partial charge in [-0.3, -0.25) is 4.79 Å². The maximum atomic E-state index is 13.1. The van der Waals surface area contributed by atoms with E-state index < -0.39 is 0 Å². The van der Waals surface area contributed by atoms with Crippen molar-refractivity contribution in [2.45, 2.75) is 6.92 Å². The molecule has 0 bridgehead atoms. The second-order valence-electron chi connectivity index (χ2n) is 3.89. The van der Waals surface area contributed by atoms with Crippen molar-refractivity contribution in [3.8, 4) is 0 Å². The van der Waals surface area contributed by atoms with E-state index in [0.717, 1.165) is 10.0 Å². The number of hydrogen-bond acceptors (Lipinski definition) is 1. The Hall–Kier alpha value is -1.000. The summed E-state index contributed by atoms with van der Waals surface area (Å²) in [7, 11) is 0. The molecule has 4 heteroatoms. The van der Waals surface area contributed by atoms with Gasteiger partial charge in [0.05, 0.1) is 4.47 Å². The Kier molecular flexibility index (Phi) is 3.97. The van der Waals surface area contributed by atoms with E-state index in [1.165, 1.54) is 18.2 Å². The van der Waals surface area contributed by atoms with Gasteiger partial charge in [0.1, 0.15) is 5.82 Å². The van der Waals surface area contributed by atoms with Crippen LogP contribution in [0.15, 0.2) is 45.3 Å². The van der Waals surface area contributed by atoms with E-state index in [0.29, 0.717) is 11.1 Å². The Morgan fingerprint density at radius 2 is 1.89 bits per heavy atom. The first-order valence-corrected chi connectivity index (χ1v) is 6.84. The highest BCUT2D eigenvalue weighted by atomic mass is 79.9. The third kappa shape index (κ3) is 2.54. The number of benzene rings is 2. The van der Waals surface area contributed by atoms with Gasteiger partial charge in [-0.25, -0.2) is 4.39 Å². The van der Waals surface area contributed by atoms with E-state index in [4.69, 9.17) is 0 Å². The molecule has 2 rings (SSSR count). The van der Waals surface area contributed by atoms with Gasteiger partial charge in [0, 0.05) is 15.6 Å². The lowest BCUT2D eigenvalue weighted by Gasteiger charge is -2.07. The maximum absolute atomic E-state index is 13.1. The first kappa shape index (κ1) is 13.4. The summed E-state index contributed by atoms with van der Waals surface area (Å²) in [4.78, 5) is 12.3. The van der Waals surface area contributed by atoms with E-state index in [1.807, 2.05) is 19.1 Å². The van der Waals surface area contributed by atoms with Crippen LogP contribution < -0.4 is 0 Å². The number of carbonyl (C=O) groups excluding carboxylic acids is 1. The summed E-state index contributed by atoms with van der Waals surface area (Å²) in [6.07, 6.45) is 0. The molecule has 0 N–H and O–H groups in total. The van der Waals surface area contributed by atoms with E-state index in [2.05, 4.69) is 31.9 Å². The van der Waals surface area contributed by atoms with Crippen molar-refractivity contribution in [2.24, 2.45) is 0 Å². The highest BCUT2D eigenvalue weighted by molar-refractivity contribution is 9.10. The molecule has 0 aliphatic rings. The van der Waals surface area contributed by atoms with E-state index in [-0.39, 0.29) is 16.1 Å². The van der Waals surface area contributed by atoms with Crippen molar-refractivity contribution in [1.29, 1.82) is 0 Å². The molecule has 18 heavy (non-hydrogen) atoms. The average molecular weight is 372 g/mol. The van der Waals surface area contributed by atoms with Gasteiger partial charge in [0.25, 0.3) is 0 Å². The number of halogens is 3. The molecule has 0 aromatic heterocycles. The summed E-state index contributed by atoms with van der Waals surface area (Å²) >= 11 is 6.49. The average Bonchev–Trinajstić information content (AvgIpc) is 2.35. The SMILES string of the molecule is Cc1cccc(C(=O)c2ccc(F)c(Br)c2)c1Br. The van der Waals surface area contributed by atoms with Crippen LogP contribution in [-0.4, -0.2) is 5.78 Å². The van der Waals surface area contributed by atoms with Gasteiger partial charge < -0.3 is 0 Å². The van der Waals surface area contributed by atoms with Gasteiger partial charge >= 0.3 is 0 Å². The van der Waals surface area contributed by atoms with Crippen molar-refractivity contribution < 1.29 is 9.18 Å². The lowest BCUT2D eigenvalue weighted by Crippen LogP contribution is -2.03. The highest BCUT2D eigenvalue weighted by Crippen LogP contribution is 2.25. The van der Waals surface area contributed by atoms with Crippen LogP contribution in [-0.2, 0) is 0 Å². The number of aryl methyl sites for hydroxylation is 1. The zero-order valence-electron chi connectivity index (χ0n) is 9.51. The van der Waals surface area contributed by atoms with Crippen LogP contribution in [0.3, 0.4) is 0 Å². The molecule has 0 fully saturated rings. The molecule has 0 saturated carbocycles. The fourth-order valence-electron chi connectivity index (χ4n) is 1.62. The van der Waals surface area contributed by atoms with Gasteiger partial charge in [-0.15, -0.1) is 0 Å². The molecule has 2 aromatic rings. The van der Waals surface area contributed by atoms with Crippen molar-refractivity contribution in [3.05, 3.63) is 67.9 Å². The number of rotatable bonds is 2. The molecule has 0 amide bonds. The predicted molar refractivity (Wildman–Crippen MR) is 76.4 cm³/mol. The fourth-order valence-corrected chi connectivity index (χ4v) is 2.44. The lowest BCUT2D eigenvalue weighted by molar-refractivity contribution is 0.103. The first-order chi connectivity index (χ1) is 8.50. The Bertz CT molecular complexity index is 623. The van der Waals surface area contributed by atoms with Gasteiger partial charge in [0.15, 0.2) is 5.78 Å². The molecule has 2 aromatic carbocycles. The standard InChI is InChI=1S/C14H9Br2FO/c1-8-3-2-4-10(13(8)16)14(18)9-5-6-12(17)11(15)7-9/h2-7H,1H3. The van der Waals surface area contributed by atoms with Gasteiger partial charge in [0.2, 0.25) is 0 Å². The second kappa shape index (κ2) is 5.33. The molecule has 92 valence electrons. The Morgan fingerprint density at radius 1 is 1.17 bits per heavy atom. The minimum atomic E-state index is -0.380. The largest absolute Gasteiger partial charge is 0.289 e. The van der Waals surface area contributed by atoms with Crippen LogP contribution in [0.4, 0.5) is 4.39 Å². The monoisotopic (exact) mass is 370 g/mol. The summed E-state index contributed by atoms with van der Waals surface area (Å²) in [5.74, 6) is -0.513. The summed E-state index contributed by atoms with van der Waals surface area (Å²) in [6.45, 7) is 1.92. The van der Waals surface area contributed by atoms with Gasteiger partial charge in [-0.1, -0.05) is 12.1 Å². The van der Waals surface area contributed by atoms with Crippen LogP contribution in [0, 0.1) is 12.7 Å². The normalized spacial score (nSPS) is 10.4. The van der Waals surface area contributed by atoms with E-state index in [9.17, 15) is 9.18 Å². The molecule has 0 saturated heterocycles. The van der Waals surface area contributed by atoms with Crippen LogP contribution in [0.5, 0.6) is 0 Å².